The first kappa shape index (κ1) is 8.77. The number of nitro groups is 1. The maximum Gasteiger partial charge on any atom is 0.366 e. The molecule has 0 saturated carbocycles. The van der Waals surface area contributed by atoms with Crippen molar-refractivity contribution in [2.45, 2.75) is 0 Å². The summed E-state index contributed by atoms with van der Waals surface area (Å²) in [5.74, 6) is -0.409. The molecule has 9 heteroatoms. The van der Waals surface area contributed by atoms with E-state index in [0.29, 0.717) is 6.34 Å². The first-order valence-electron chi connectivity index (χ1n) is 3.03. The Morgan fingerprint density at radius 2 is 2.54 bits per heavy atom. The topological polar surface area (TPSA) is 126 Å². The molecule has 0 bridgehead atoms. The Bertz CT molecular complexity index is 343. The number of nitrogens with one attached hydrogen (secondary N) is 2. The van der Waals surface area contributed by atoms with Crippen LogP contribution < -0.4 is 5.43 Å². The zero-order valence-corrected chi connectivity index (χ0v) is 6.17. The number of anilines is 1. The van der Waals surface area contributed by atoms with Crippen LogP contribution in [0.15, 0.2) is 16.6 Å². The van der Waals surface area contributed by atoms with Crippen molar-refractivity contribution in [3.8, 4) is 0 Å². The zero-order valence-electron chi connectivity index (χ0n) is 6.17. The van der Waals surface area contributed by atoms with Crippen LogP contribution in [0, 0.1) is 15.0 Å². The fraction of sp³-hybridized carbons (Fsp3) is 0. The number of nitrogens with zero attached hydrogens (tertiary/aromatic N) is 4. The number of nitroso groups, excluding NO2 is 1. The Morgan fingerprint density at radius 1 is 1.77 bits per heavy atom. The van der Waals surface area contributed by atoms with Crippen LogP contribution in [0.2, 0.25) is 0 Å². The van der Waals surface area contributed by atoms with Crippen molar-refractivity contribution in [3.05, 3.63) is 21.3 Å². The number of hydrogen-bond acceptors (Lipinski definition) is 6. The lowest BCUT2D eigenvalue weighted by atomic mass is 10.7. The summed E-state index contributed by atoms with van der Waals surface area (Å²) in [6, 6.07) is 0. The van der Waals surface area contributed by atoms with Gasteiger partial charge in [-0.05, 0) is 10.1 Å². The molecule has 0 atom stereocenters. The standard InChI is InChI=1S/C4H4N6O3/c11-8-2-7-9-3-4(10(12)13)6-1-5-3/h1-2,9H,(H,5,6). The molecule has 68 valence electrons. The van der Waals surface area contributed by atoms with Gasteiger partial charge in [0.25, 0.3) is 0 Å². The number of imidazole rings is 1. The monoisotopic (exact) mass is 184 g/mol. The number of hydrogen-bond donors (Lipinski definition) is 2. The Labute approximate surface area is 71.0 Å². The van der Waals surface area contributed by atoms with Crippen LogP contribution in [0.1, 0.15) is 0 Å². The van der Waals surface area contributed by atoms with E-state index in [9.17, 15) is 15.0 Å². The normalized spacial score (nSPS) is 10.2. The lowest BCUT2D eigenvalue weighted by Crippen LogP contribution is -1.95. The van der Waals surface area contributed by atoms with Crippen molar-refractivity contribution in [3.63, 3.8) is 0 Å². The van der Waals surface area contributed by atoms with E-state index in [-0.39, 0.29) is 11.6 Å². The van der Waals surface area contributed by atoms with Crippen molar-refractivity contribution in [2.24, 2.45) is 10.3 Å². The summed E-state index contributed by atoms with van der Waals surface area (Å²) in [5.41, 5.74) is 2.17. The van der Waals surface area contributed by atoms with Crippen LogP contribution in [0.25, 0.3) is 0 Å². The summed E-state index contributed by atoms with van der Waals surface area (Å²) >= 11 is 0. The van der Waals surface area contributed by atoms with Gasteiger partial charge >= 0.3 is 5.82 Å². The third-order valence-electron chi connectivity index (χ3n) is 1.08. The van der Waals surface area contributed by atoms with Crippen LogP contribution in [-0.2, 0) is 0 Å². The molecule has 1 aromatic rings. The molecule has 0 aliphatic heterocycles. The molecule has 9 nitrogen and oxygen atoms in total. The minimum Gasteiger partial charge on any atom is -0.358 e. The van der Waals surface area contributed by atoms with Crippen LogP contribution >= 0.6 is 0 Å². The van der Waals surface area contributed by atoms with E-state index in [2.05, 4.69) is 25.7 Å². The molecular formula is C4H4N6O3. The third-order valence-corrected chi connectivity index (χ3v) is 1.08. The molecule has 0 aromatic carbocycles. The van der Waals surface area contributed by atoms with Gasteiger partial charge in [-0.3, -0.25) is 5.43 Å². The average molecular weight is 184 g/mol. The van der Waals surface area contributed by atoms with E-state index in [4.69, 9.17) is 0 Å². The van der Waals surface area contributed by atoms with Crippen molar-refractivity contribution in [1.29, 1.82) is 0 Å². The highest BCUT2D eigenvalue weighted by atomic mass is 16.6. The van der Waals surface area contributed by atoms with Gasteiger partial charge in [-0.1, -0.05) is 0 Å². The van der Waals surface area contributed by atoms with E-state index >= 15 is 0 Å². The van der Waals surface area contributed by atoms with Crippen LogP contribution in [0.5, 0.6) is 0 Å². The highest BCUT2D eigenvalue weighted by Crippen LogP contribution is 2.17. The Balaban J connectivity index is 2.76. The maximum atomic E-state index is 10.3. The van der Waals surface area contributed by atoms with Gasteiger partial charge in [0.15, 0.2) is 12.7 Å². The number of rotatable bonds is 4. The van der Waals surface area contributed by atoms with E-state index in [1.165, 1.54) is 0 Å². The van der Waals surface area contributed by atoms with E-state index in [1.54, 1.807) is 0 Å². The van der Waals surface area contributed by atoms with Crippen LogP contribution in [0.3, 0.4) is 0 Å². The molecule has 0 radical (unpaired) electrons. The van der Waals surface area contributed by atoms with E-state index in [0.717, 1.165) is 6.33 Å². The summed E-state index contributed by atoms with van der Waals surface area (Å²) < 4.78 is 0. The molecule has 0 fully saturated rings. The summed E-state index contributed by atoms with van der Waals surface area (Å²) in [6.45, 7) is 0. The largest absolute Gasteiger partial charge is 0.366 e. The van der Waals surface area contributed by atoms with Crippen LogP contribution in [0.4, 0.5) is 11.6 Å². The van der Waals surface area contributed by atoms with Crippen molar-refractivity contribution in [1.82, 2.24) is 9.97 Å². The Morgan fingerprint density at radius 3 is 3.15 bits per heavy atom. The molecular weight excluding hydrogens is 180 g/mol. The lowest BCUT2D eigenvalue weighted by Gasteiger charge is -1.93. The van der Waals surface area contributed by atoms with Crippen molar-refractivity contribution >= 4 is 18.0 Å². The van der Waals surface area contributed by atoms with Gasteiger partial charge in [-0.15, -0.1) is 4.91 Å². The number of aromatic nitrogens is 2. The Kier molecular flexibility index (Phi) is 2.63. The van der Waals surface area contributed by atoms with Gasteiger partial charge in [0.1, 0.15) is 0 Å². The lowest BCUT2D eigenvalue weighted by molar-refractivity contribution is -0.388. The second-order valence-electron chi connectivity index (χ2n) is 1.82. The highest BCUT2D eigenvalue weighted by Gasteiger charge is 2.13. The second-order valence-corrected chi connectivity index (χ2v) is 1.82. The number of aromatic amines is 1. The van der Waals surface area contributed by atoms with Gasteiger partial charge in [0, 0.05) is 0 Å². The molecule has 0 aliphatic rings. The van der Waals surface area contributed by atoms with Crippen LogP contribution in [-0.4, -0.2) is 21.2 Å². The molecule has 1 heterocycles. The second kappa shape index (κ2) is 3.90. The van der Waals surface area contributed by atoms with Crippen molar-refractivity contribution < 1.29 is 4.92 Å². The number of hydrazone groups is 1. The molecule has 0 aliphatic carbocycles. The molecule has 0 amide bonds. The maximum absolute atomic E-state index is 10.3. The van der Waals surface area contributed by atoms with Gasteiger partial charge in [0.2, 0.25) is 5.82 Å². The minimum atomic E-state index is -0.667. The molecule has 1 aromatic heterocycles. The highest BCUT2D eigenvalue weighted by molar-refractivity contribution is 5.58. The number of H-pyrrole nitrogens is 1. The van der Waals surface area contributed by atoms with Crippen molar-refractivity contribution in [2.75, 3.05) is 5.43 Å². The molecule has 0 saturated heterocycles. The predicted molar refractivity (Wildman–Crippen MR) is 43.2 cm³/mol. The molecule has 13 heavy (non-hydrogen) atoms. The summed E-state index contributed by atoms with van der Waals surface area (Å²) in [7, 11) is 0. The first-order chi connectivity index (χ1) is 6.25. The fourth-order valence-corrected chi connectivity index (χ4v) is 0.622. The SMILES string of the molecule is O=NC=NNc1nc[nH]c1[N+](=O)[O-]. The summed E-state index contributed by atoms with van der Waals surface area (Å²) in [5, 5.41) is 15.8. The molecule has 0 spiro atoms. The van der Waals surface area contributed by atoms with E-state index < -0.39 is 4.92 Å². The van der Waals surface area contributed by atoms with Gasteiger partial charge in [0.05, 0.1) is 0 Å². The fourth-order valence-electron chi connectivity index (χ4n) is 0.622. The van der Waals surface area contributed by atoms with Gasteiger partial charge in [-0.25, -0.2) is 4.98 Å². The summed E-state index contributed by atoms with van der Waals surface area (Å²) in [6.07, 6.45) is 1.79. The Hall–Kier alpha value is -2.32. The third kappa shape index (κ3) is 2.05. The molecule has 0 unspecified atom stereocenters. The quantitative estimate of drug-likeness (QED) is 0.231. The van der Waals surface area contributed by atoms with Gasteiger partial charge in [-0.2, -0.15) is 10.1 Å². The molecule has 1 rings (SSSR count). The molecule has 2 N–H and O–H groups in total. The van der Waals surface area contributed by atoms with E-state index in [1.807, 2.05) is 0 Å². The van der Waals surface area contributed by atoms with Gasteiger partial charge < -0.3 is 10.1 Å². The predicted octanol–water partition coefficient (Wildman–Crippen LogP) is 0.439. The first-order valence-corrected chi connectivity index (χ1v) is 3.03. The zero-order chi connectivity index (χ0) is 9.68. The minimum absolute atomic E-state index is 0.0788. The smallest absolute Gasteiger partial charge is 0.358 e. The average Bonchev–Trinajstić information content (AvgIpc) is 2.53. The summed E-state index contributed by atoms with van der Waals surface area (Å²) in [4.78, 5) is 25.0.